The zero-order chi connectivity index (χ0) is 11.7. The lowest BCUT2D eigenvalue weighted by atomic mass is 9.96. The number of halogens is 1. The van der Waals surface area contributed by atoms with Crippen LogP contribution in [-0.2, 0) is 6.42 Å². The van der Waals surface area contributed by atoms with E-state index in [1.54, 1.807) is 0 Å². The van der Waals surface area contributed by atoms with Crippen molar-refractivity contribution in [2.75, 3.05) is 13.1 Å². The number of H-pyrrole nitrogens is 1. The van der Waals surface area contributed by atoms with Crippen LogP contribution in [0.1, 0.15) is 18.7 Å². The van der Waals surface area contributed by atoms with E-state index in [4.69, 9.17) is 0 Å². The lowest BCUT2D eigenvalue weighted by Gasteiger charge is -2.21. The number of aromatic nitrogens is 2. The van der Waals surface area contributed by atoms with Gasteiger partial charge in [-0.15, -0.1) is 0 Å². The number of hydrogen-bond acceptors (Lipinski definition) is 2. The van der Waals surface area contributed by atoms with Gasteiger partial charge in [-0.05, 0) is 50.0 Å². The van der Waals surface area contributed by atoms with Crippen molar-refractivity contribution in [3.8, 4) is 0 Å². The largest absolute Gasteiger partial charge is 0.342 e. The Morgan fingerprint density at radius 3 is 3.18 bits per heavy atom. The maximum absolute atomic E-state index is 4.64. The van der Waals surface area contributed by atoms with Crippen LogP contribution >= 0.6 is 15.9 Å². The Morgan fingerprint density at radius 2 is 2.35 bits per heavy atom. The molecule has 3 rings (SSSR count). The number of piperidine rings is 1. The SMILES string of the molecule is Brc1ccc2nc(CC3CCCNC3)[nH]c2c1. The van der Waals surface area contributed by atoms with Crippen molar-refractivity contribution in [3.05, 3.63) is 28.5 Å². The van der Waals surface area contributed by atoms with E-state index < -0.39 is 0 Å². The Balaban J connectivity index is 1.80. The number of aromatic amines is 1. The predicted molar refractivity (Wildman–Crippen MR) is 73.1 cm³/mol. The minimum atomic E-state index is 0.729. The third-order valence-corrected chi connectivity index (χ3v) is 3.87. The smallest absolute Gasteiger partial charge is 0.107 e. The first-order valence-electron chi connectivity index (χ1n) is 6.16. The first-order valence-corrected chi connectivity index (χ1v) is 6.95. The van der Waals surface area contributed by atoms with Gasteiger partial charge in [0.05, 0.1) is 11.0 Å². The van der Waals surface area contributed by atoms with Crippen molar-refractivity contribution in [3.63, 3.8) is 0 Å². The van der Waals surface area contributed by atoms with E-state index >= 15 is 0 Å². The Morgan fingerprint density at radius 1 is 1.41 bits per heavy atom. The molecule has 0 saturated carbocycles. The molecule has 90 valence electrons. The van der Waals surface area contributed by atoms with Crippen LogP contribution in [0, 0.1) is 5.92 Å². The van der Waals surface area contributed by atoms with Crippen molar-refractivity contribution in [2.24, 2.45) is 5.92 Å². The van der Waals surface area contributed by atoms with E-state index in [0.717, 1.165) is 40.2 Å². The van der Waals surface area contributed by atoms with Gasteiger partial charge in [0.1, 0.15) is 5.82 Å². The quantitative estimate of drug-likeness (QED) is 0.894. The fourth-order valence-corrected chi connectivity index (χ4v) is 2.86. The van der Waals surface area contributed by atoms with Gasteiger partial charge in [0, 0.05) is 10.9 Å². The molecule has 1 aliphatic heterocycles. The van der Waals surface area contributed by atoms with Gasteiger partial charge < -0.3 is 10.3 Å². The highest BCUT2D eigenvalue weighted by Crippen LogP contribution is 2.20. The summed E-state index contributed by atoms with van der Waals surface area (Å²) in [5, 5.41) is 3.45. The zero-order valence-electron chi connectivity index (χ0n) is 9.67. The molecule has 1 fully saturated rings. The van der Waals surface area contributed by atoms with Gasteiger partial charge in [-0.3, -0.25) is 0 Å². The van der Waals surface area contributed by atoms with Crippen LogP contribution in [0.5, 0.6) is 0 Å². The number of nitrogens with zero attached hydrogens (tertiary/aromatic N) is 1. The molecule has 1 aromatic heterocycles. The van der Waals surface area contributed by atoms with E-state index in [1.807, 2.05) is 6.07 Å². The van der Waals surface area contributed by atoms with Gasteiger partial charge in [0.25, 0.3) is 0 Å². The predicted octanol–water partition coefficient (Wildman–Crippen LogP) is 2.87. The fourth-order valence-electron chi connectivity index (χ4n) is 2.50. The summed E-state index contributed by atoms with van der Waals surface area (Å²) in [4.78, 5) is 8.06. The third-order valence-electron chi connectivity index (χ3n) is 3.37. The van der Waals surface area contributed by atoms with Crippen molar-refractivity contribution in [1.29, 1.82) is 0 Å². The van der Waals surface area contributed by atoms with E-state index in [9.17, 15) is 0 Å². The van der Waals surface area contributed by atoms with Crippen LogP contribution in [0.3, 0.4) is 0 Å². The number of benzene rings is 1. The third kappa shape index (κ3) is 2.53. The fraction of sp³-hybridized carbons (Fsp3) is 0.462. The van der Waals surface area contributed by atoms with E-state index in [1.165, 1.54) is 19.4 Å². The van der Waals surface area contributed by atoms with E-state index in [2.05, 4.69) is 43.3 Å². The molecule has 0 spiro atoms. The molecule has 0 amide bonds. The molecule has 0 bridgehead atoms. The summed E-state index contributed by atoms with van der Waals surface area (Å²) in [5.41, 5.74) is 2.19. The number of imidazole rings is 1. The second-order valence-electron chi connectivity index (χ2n) is 4.76. The highest BCUT2D eigenvalue weighted by molar-refractivity contribution is 9.10. The van der Waals surface area contributed by atoms with Crippen molar-refractivity contribution >= 4 is 27.0 Å². The van der Waals surface area contributed by atoms with E-state index in [-0.39, 0.29) is 0 Å². The Labute approximate surface area is 109 Å². The molecule has 17 heavy (non-hydrogen) atoms. The normalized spacial score (nSPS) is 20.9. The topological polar surface area (TPSA) is 40.7 Å². The lowest BCUT2D eigenvalue weighted by molar-refractivity contribution is 0.371. The van der Waals surface area contributed by atoms with Crippen LogP contribution in [0.25, 0.3) is 11.0 Å². The van der Waals surface area contributed by atoms with Crippen LogP contribution < -0.4 is 5.32 Å². The van der Waals surface area contributed by atoms with E-state index in [0.29, 0.717) is 0 Å². The second kappa shape index (κ2) is 4.78. The maximum Gasteiger partial charge on any atom is 0.107 e. The number of fused-ring (bicyclic) bond motifs is 1. The van der Waals surface area contributed by atoms with Crippen LogP contribution in [0.15, 0.2) is 22.7 Å². The van der Waals surface area contributed by atoms with Gasteiger partial charge in [-0.1, -0.05) is 15.9 Å². The minimum absolute atomic E-state index is 0.729. The minimum Gasteiger partial charge on any atom is -0.342 e. The van der Waals surface area contributed by atoms with Gasteiger partial charge in [0.2, 0.25) is 0 Å². The second-order valence-corrected chi connectivity index (χ2v) is 5.68. The standard InChI is InChI=1S/C13H16BrN3/c14-10-3-4-11-12(7-10)17-13(16-11)6-9-2-1-5-15-8-9/h3-4,7,9,15H,1-2,5-6,8H2,(H,16,17). The highest BCUT2D eigenvalue weighted by atomic mass is 79.9. The molecule has 1 aromatic carbocycles. The highest BCUT2D eigenvalue weighted by Gasteiger charge is 2.15. The molecule has 2 aromatic rings. The van der Waals surface area contributed by atoms with Crippen LogP contribution in [0.4, 0.5) is 0 Å². The molecule has 0 aliphatic carbocycles. The zero-order valence-corrected chi connectivity index (χ0v) is 11.3. The molecule has 0 radical (unpaired) electrons. The average molecular weight is 294 g/mol. The Bertz CT molecular complexity index is 514. The van der Waals surface area contributed by atoms with Crippen molar-refractivity contribution < 1.29 is 0 Å². The summed E-state index contributed by atoms with van der Waals surface area (Å²) >= 11 is 3.48. The van der Waals surface area contributed by atoms with Gasteiger partial charge in [-0.25, -0.2) is 4.98 Å². The molecule has 1 atom stereocenters. The molecular weight excluding hydrogens is 278 g/mol. The number of rotatable bonds is 2. The molecule has 3 nitrogen and oxygen atoms in total. The van der Waals surface area contributed by atoms with Crippen LogP contribution in [-0.4, -0.2) is 23.1 Å². The summed E-state index contributed by atoms with van der Waals surface area (Å²) in [7, 11) is 0. The Kier molecular flexibility index (Phi) is 3.16. The molecule has 1 saturated heterocycles. The first kappa shape index (κ1) is 11.2. The molecule has 2 heterocycles. The molecule has 4 heteroatoms. The summed E-state index contributed by atoms with van der Waals surface area (Å²) in [6, 6.07) is 6.18. The maximum atomic E-state index is 4.64. The average Bonchev–Trinajstić information content (AvgIpc) is 2.71. The lowest BCUT2D eigenvalue weighted by Crippen LogP contribution is -2.31. The number of nitrogens with one attached hydrogen (secondary N) is 2. The van der Waals surface area contributed by atoms with Gasteiger partial charge >= 0.3 is 0 Å². The molecule has 2 N–H and O–H groups in total. The molecular formula is C13H16BrN3. The number of hydrogen-bond donors (Lipinski definition) is 2. The summed E-state index contributed by atoms with van der Waals surface area (Å²) in [6.07, 6.45) is 3.66. The van der Waals surface area contributed by atoms with Crippen LogP contribution in [0.2, 0.25) is 0 Å². The van der Waals surface area contributed by atoms with Crippen molar-refractivity contribution in [2.45, 2.75) is 19.3 Å². The van der Waals surface area contributed by atoms with Crippen molar-refractivity contribution in [1.82, 2.24) is 15.3 Å². The molecule has 1 unspecified atom stereocenters. The Hall–Kier alpha value is -0.870. The summed E-state index contributed by atoms with van der Waals surface area (Å²) in [5.74, 6) is 1.85. The summed E-state index contributed by atoms with van der Waals surface area (Å²) in [6.45, 7) is 2.30. The van der Waals surface area contributed by atoms with Gasteiger partial charge in [0.15, 0.2) is 0 Å². The first-order chi connectivity index (χ1) is 8.31. The van der Waals surface area contributed by atoms with Gasteiger partial charge in [-0.2, -0.15) is 0 Å². The molecule has 1 aliphatic rings. The summed E-state index contributed by atoms with van der Waals surface area (Å²) < 4.78 is 1.10. The monoisotopic (exact) mass is 293 g/mol.